The second-order valence-corrected chi connectivity index (χ2v) is 2.83. The molecule has 15 heavy (non-hydrogen) atoms. The van der Waals surface area contributed by atoms with E-state index >= 15 is 0 Å². The molecule has 1 aliphatic heterocycles. The fraction of sp³-hybridized carbons (Fsp3) is 0.636. The quantitative estimate of drug-likeness (QED) is 0.719. The van der Waals surface area contributed by atoms with Gasteiger partial charge in [-0.2, -0.15) is 0 Å². The van der Waals surface area contributed by atoms with Gasteiger partial charge in [-0.15, -0.1) is 0 Å². The highest BCUT2D eigenvalue weighted by molar-refractivity contribution is 5.74. The number of nitrogens with zero attached hydrogens (tertiary/aromatic N) is 2. The van der Waals surface area contributed by atoms with Gasteiger partial charge in [0.25, 0.3) is 0 Å². The molecule has 0 unspecified atom stereocenters. The highest BCUT2D eigenvalue weighted by Gasteiger charge is 2.35. The number of hydrogen-bond donors (Lipinski definition) is 0. The van der Waals surface area contributed by atoms with Crippen LogP contribution in [0.5, 0.6) is 0 Å². The lowest BCUT2D eigenvalue weighted by Gasteiger charge is -2.12. The predicted octanol–water partition coefficient (Wildman–Crippen LogP) is 1.16. The highest BCUT2D eigenvalue weighted by atomic mass is 16.5. The van der Waals surface area contributed by atoms with Gasteiger partial charge >= 0.3 is 5.97 Å². The summed E-state index contributed by atoms with van der Waals surface area (Å²) in [4.78, 5) is 15.4. The summed E-state index contributed by atoms with van der Waals surface area (Å²) in [5.74, 6) is -6.90. The smallest absolute Gasteiger partial charge is 0.309 e. The summed E-state index contributed by atoms with van der Waals surface area (Å²) in [6.45, 7) is -9.43. The number of hydrogen-bond acceptors (Lipinski definition) is 3. The zero-order valence-corrected chi connectivity index (χ0v) is 7.50. The molecule has 0 amide bonds. The molecular weight excluding hydrogens is 192 g/mol. The lowest BCUT2D eigenvalue weighted by molar-refractivity contribution is -0.141. The topological polar surface area (TPSA) is 44.1 Å². The molecule has 1 aromatic heterocycles. The summed E-state index contributed by atoms with van der Waals surface area (Å²) in [7, 11) is 0. The van der Waals surface area contributed by atoms with Crippen molar-refractivity contribution in [2.24, 2.45) is 18.8 Å². The molecule has 4 nitrogen and oxygen atoms in total. The Bertz CT molecular complexity index is 796. The van der Waals surface area contributed by atoms with Crippen molar-refractivity contribution < 1.29 is 27.4 Å². The van der Waals surface area contributed by atoms with E-state index in [-0.39, 0.29) is 4.57 Å². The van der Waals surface area contributed by atoms with E-state index in [1.807, 2.05) is 0 Å². The molecule has 1 aliphatic rings. The van der Waals surface area contributed by atoms with Gasteiger partial charge < -0.3 is 9.30 Å². The number of esters is 1. The molecule has 2 rings (SSSR count). The normalized spacial score (nSPS) is 49.2. The Balaban J connectivity index is 2.80. The Morgan fingerprint density at radius 3 is 3.80 bits per heavy atom. The Morgan fingerprint density at radius 2 is 3.00 bits per heavy atom. The number of rotatable bonds is 3. The third-order valence-electron chi connectivity index (χ3n) is 1.89. The van der Waals surface area contributed by atoms with Gasteiger partial charge in [-0.25, -0.2) is 4.98 Å². The maximum atomic E-state index is 12.1. The Labute approximate surface area is 108 Å². The van der Waals surface area contributed by atoms with E-state index in [0.29, 0.717) is 0 Å². The van der Waals surface area contributed by atoms with Gasteiger partial charge in [0.1, 0.15) is 1.37 Å². The van der Waals surface area contributed by atoms with Crippen LogP contribution < -0.4 is 0 Å². The van der Waals surface area contributed by atoms with Gasteiger partial charge in [-0.3, -0.25) is 4.79 Å². The molecule has 1 saturated heterocycles. The predicted molar refractivity (Wildman–Crippen MR) is 55.1 cm³/mol. The largest absolute Gasteiger partial charge is 0.465 e. The van der Waals surface area contributed by atoms with E-state index in [1.165, 1.54) is 0 Å². The molecular formula is C11H16N2O2. The third kappa shape index (κ3) is 1.89. The summed E-state index contributed by atoms with van der Waals surface area (Å²) < 4.78 is 105. The number of carbonyl (C=O) groups excluding carboxylic acids is 1. The molecule has 0 spiro atoms. The van der Waals surface area contributed by atoms with E-state index in [9.17, 15) is 4.79 Å². The standard InChI is InChI=1S/C11H16N2O2/c1-3-10-8(6-15-11(10)14)4-9-5-12-7-13(9)2/h5,7-8,10H,3-4,6H2,1-2H3/t8-,10-/m0/s1/i1D3,2D3,4D2,5D,6D2,7D,8D. The minimum atomic E-state index is -3.45. The number of aromatic nitrogens is 2. The van der Waals surface area contributed by atoms with Crippen LogP contribution in [0.3, 0.4) is 0 Å². The summed E-state index contributed by atoms with van der Waals surface area (Å²) in [5.41, 5.74) is -1.15. The monoisotopic (exact) mass is 221 g/mol. The van der Waals surface area contributed by atoms with Crippen molar-refractivity contribution in [3.8, 4) is 0 Å². The molecule has 82 valence electrons. The first-order valence-electron chi connectivity index (χ1n) is 10.6. The first kappa shape index (κ1) is 2.87. The second kappa shape index (κ2) is 4.04. The van der Waals surface area contributed by atoms with E-state index in [0.717, 1.165) is 0 Å². The average Bonchev–Trinajstić information content (AvgIpc) is 2.84. The summed E-state index contributed by atoms with van der Waals surface area (Å²) in [6, 6.07) is 0. The molecule has 0 saturated carbocycles. The number of carbonyl (C=O) groups is 1. The molecule has 1 aromatic rings. The lowest BCUT2D eigenvalue weighted by Crippen LogP contribution is -2.18. The second-order valence-electron chi connectivity index (χ2n) is 2.83. The third-order valence-corrected chi connectivity index (χ3v) is 1.89. The summed E-state index contributed by atoms with van der Waals surface area (Å²) in [6.07, 6.45) is -6.65. The fourth-order valence-corrected chi connectivity index (χ4v) is 1.10. The van der Waals surface area contributed by atoms with Gasteiger partial charge in [0.15, 0.2) is 0 Å². The van der Waals surface area contributed by atoms with E-state index in [2.05, 4.69) is 9.72 Å². The molecule has 0 radical (unpaired) electrons. The van der Waals surface area contributed by atoms with Crippen LogP contribution in [0.2, 0.25) is 0 Å². The van der Waals surface area contributed by atoms with Crippen LogP contribution in [0, 0.1) is 11.8 Å². The fourth-order valence-electron chi connectivity index (χ4n) is 1.10. The van der Waals surface area contributed by atoms with Crippen molar-refractivity contribution in [1.82, 2.24) is 9.55 Å². The van der Waals surface area contributed by atoms with Gasteiger partial charge in [0, 0.05) is 37.1 Å². The zero-order chi connectivity index (χ0) is 22.1. The van der Waals surface area contributed by atoms with Gasteiger partial charge in [-0.1, -0.05) is 6.85 Å². The van der Waals surface area contributed by atoms with Crippen molar-refractivity contribution in [2.75, 3.05) is 6.56 Å². The van der Waals surface area contributed by atoms with Gasteiger partial charge in [0.05, 0.1) is 22.9 Å². The van der Waals surface area contributed by atoms with E-state index < -0.39 is 69.1 Å². The maximum absolute atomic E-state index is 12.1. The van der Waals surface area contributed by atoms with Crippen LogP contribution in [0.4, 0.5) is 0 Å². The van der Waals surface area contributed by atoms with Crippen LogP contribution in [0.15, 0.2) is 12.5 Å². The highest BCUT2D eigenvalue weighted by Crippen LogP contribution is 2.27. The number of ether oxygens (including phenoxy) is 1. The summed E-state index contributed by atoms with van der Waals surface area (Å²) in [5, 5.41) is 0. The number of cyclic esters (lactones) is 1. The van der Waals surface area contributed by atoms with E-state index in [1.54, 1.807) is 0 Å². The van der Waals surface area contributed by atoms with E-state index in [4.69, 9.17) is 17.8 Å². The van der Waals surface area contributed by atoms with Crippen LogP contribution in [0.1, 0.15) is 36.8 Å². The molecule has 0 N–H and O–H groups in total. The average molecular weight is 221 g/mol. The van der Waals surface area contributed by atoms with Crippen molar-refractivity contribution in [3.05, 3.63) is 18.2 Å². The Morgan fingerprint density at radius 1 is 2.07 bits per heavy atom. The van der Waals surface area contributed by atoms with Crippen molar-refractivity contribution >= 4 is 5.97 Å². The van der Waals surface area contributed by atoms with Crippen molar-refractivity contribution in [3.63, 3.8) is 0 Å². The molecule has 4 heteroatoms. The zero-order valence-electron chi connectivity index (χ0n) is 20.5. The number of imidazole rings is 1. The molecule has 0 aromatic carbocycles. The molecule has 1 fully saturated rings. The first-order chi connectivity index (χ1) is 12.3. The van der Waals surface area contributed by atoms with Gasteiger partial charge in [-0.05, 0) is 12.8 Å². The van der Waals surface area contributed by atoms with Crippen LogP contribution in [-0.2, 0) is 22.9 Å². The van der Waals surface area contributed by atoms with Crippen LogP contribution in [-0.4, -0.2) is 22.1 Å². The first-order valence-corrected chi connectivity index (χ1v) is 4.07. The maximum Gasteiger partial charge on any atom is 0.309 e. The summed E-state index contributed by atoms with van der Waals surface area (Å²) >= 11 is 0. The van der Waals surface area contributed by atoms with Crippen molar-refractivity contribution in [1.29, 1.82) is 0 Å². The molecule has 2 heterocycles. The molecule has 2 atom stereocenters. The SMILES string of the molecule is [2H]c1nc([2H])n(C([2H])([2H])[2H])c1C([2H])([2H])[C@]1([2H])[C@H](CC([2H])([2H])[2H])C(=O)OC1([2H])[2H]. The molecule has 0 bridgehead atoms. The van der Waals surface area contributed by atoms with Crippen LogP contribution in [0.25, 0.3) is 0 Å². The minimum absolute atomic E-state index is 0.0386. The van der Waals surface area contributed by atoms with Crippen molar-refractivity contribution in [2.45, 2.75) is 19.6 Å². The van der Waals surface area contributed by atoms with Crippen LogP contribution >= 0.6 is 0 Å². The minimum Gasteiger partial charge on any atom is -0.465 e. The molecule has 0 aliphatic carbocycles. The van der Waals surface area contributed by atoms with Gasteiger partial charge in [0.2, 0.25) is 0 Å². The lowest BCUT2D eigenvalue weighted by atomic mass is 9.89. The Hall–Kier alpha value is -1.32. The Kier molecular flexibility index (Phi) is 0.774.